The van der Waals surface area contributed by atoms with Gasteiger partial charge in [-0.3, -0.25) is 9.63 Å². The Labute approximate surface area is 126 Å². The van der Waals surface area contributed by atoms with E-state index in [-0.39, 0.29) is 30.0 Å². The van der Waals surface area contributed by atoms with Crippen LogP contribution in [0, 0.1) is 11.8 Å². The van der Waals surface area contributed by atoms with Gasteiger partial charge < -0.3 is 4.90 Å². The number of amides is 1. The molecule has 1 amide bonds. The number of benzene rings is 1. The maximum Gasteiger partial charge on any atom is 0.230 e. The summed E-state index contributed by atoms with van der Waals surface area (Å²) < 4.78 is 0. The van der Waals surface area contributed by atoms with Crippen molar-refractivity contribution in [2.75, 3.05) is 13.6 Å². The van der Waals surface area contributed by atoms with Gasteiger partial charge in [0.1, 0.15) is 0 Å². The third kappa shape index (κ3) is 2.36. The molecule has 5 atom stereocenters. The monoisotopic (exact) mass is 288 g/mol. The van der Waals surface area contributed by atoms with Crippen LogP contribution >= 0.6 is 0 Å². The zero-order valence-corrected chi connectivity index (χ0v) is 13.2. The SMILES string of the molecule is C[C@@H]1CN([C@@H](C)c2ccccc2)C(=O)[C@@H]2[C@H]1N(C)O[C@H]2C. The molecule has 2 heterocycles. The third-order valence-electron chi connectivity index (χ3n) is 5.01. The number of fused-ring (bicyclic) bond motifs is 1. The van der Waals surface area contributed by atoms with Gasteiger partial charge in [0.05, 0.1) is 24.1 Å². The molecule has 2 aliphatic heterocycles. The molecule has 1 aromatic rings. The first-order chi connectivity index (χ1) is 10.0. The molecular weight excluding hydrogens is 264 g/mol. The Bertz CT molecular complexity index is 519. The topological polar surface area (TPSA) is 32.8 Å². The molecule has 2 aliphatic rings. The summed E-state index contributed by atoms with van der Waals surface area (Å²) in [4.78, 5) is 20.7. The van der Waals surface area contributed by atoms with Crippen LogP contribution in [-0.2, 0) is 9.63 Å². The van der Waals surface area contributed by atoms with Crippen molar-refractivity contribution in [1.29, 1.82) is 0 Å². The van der Waals surface area contributed by atoms with E-state index in [1.807, 2.05) is 42.1 Å². The third-order valence-corrected chi connectivity index (χ3v) is 5.01. The molecule has 3 rings (SSSR count). The summed E-state index contributed by atoms with van der Waals surface area (Å²) in [5, 5.41) is 1.89. The molecule has 0 bridgehead atoms. The van der Waals surface area contributed by atoms with Crippen LogP contribution in [0.5, 0.6) is 0 Å². The lowest BCUT2D eigenvalue weighted by Gasteiger charge is -2.42. The fourth-order valence-corrected chi connectivity index (χ4v) is 3.92. The van der Waals surface area contributed by atoms with E-state index in [0.717, 1.165) is 6.54 Å². The lowest BCUT2D eigenvalue weighted by atomic mass is 9.81. The molecule has 0 saturated carbocycles. The van der Waals surface area contributed by atoms with Crippen LogP contribution in [0.1, 0.15) is 32.4 Å². The lowest BCUT2D eigenvalue weighted by Crippen LogP contribution is -2.55. The normalized spacial score (nSPS) is 34.9. The van der Waals surface area contributed by atoms with Gasteiger partial charge in [-0.1, -0.05) is 37.3 Å². The fraction of sp³-hybridized carbons (Fsp3) is 0.588. The van der Waals surface area contributed by atoms with E-state index in [0.29, 0.717) is 5.92 Å². The molecule has 0 radical (unpaired) electrons. The Kier molecular flexibility index (Phi) is 3.76. The number of nitrogens with zero attached hydrogens (tertiary/aromatic N) is 2. The van der Waals surface area contributed by atoms with Gasteiger partial charge >= 0.3 is 0 Å². The van der Waals surface area contributed by atoms with Gasteiger partial charge in [0.2, 0.25) is 5.91 Å². The average molecular weight is 288 g/mol. The highest BCUT2D eigenvalue weighted by Gasteiger charge is 2.52. The number of carbonyl (C=O) groups excluding carboxylic acids is 1. The highest BCUT2D eigenvalue weighted by Crippen LogP contribution is 2.39. The van der Waals surface area contributed by atoms with Crippen molar-refractivity contribution in [3.05, 3.63) is 35.9 Å². The van der Waals surface area contributed by atoms with Crippen LogP contribution in [0.2, 0.25) is 0 Å². The molecule has 0 unspecified atom stereocenters. The second kappa shape index (κ2) is 5.43. The quantitative estimate of drug-likeness (QED) is 0.838. The van der Waals surface area contributed by atoms with Crippen molar-refractivity contribution in [2.24, 2.45) is 11.8 Å². The molecule has 2 saturated heterocycles. The summed E-state index contributed by atoms with van der Waals surface area (Å²) in [5.74, 6) is 0.588. The summed E-state index contributed by atoms with van der Waals surface area (Å²) in [5.41, 5.74) is 1.19. The highest BCUT2D eigenvalue weighted by atomic mass is 16.7. The van der Waals surface area contributed by atoms with Crippen molar-refractivity contribution >= 4 is 5.91 Å². The number of rotatable bonds is 2. The lowest BCUT2D eigenvalue weighted by molar-refractivity contribution is -0.149. The van der Waals surface area contributed by atoms with Gasteiger partial charge in [0.25, 0.3) is 0 Å². The van der Waals surface area contributed by atoms with Gasteiger partial charge in [-0.05, 0) is 25.3 Å². The maximum atomic E-state index is 12.9. The number of likely N-dealkylation sites (tertiary alicyclic amines) is 1. The summed E-state index contributed by atoms with van der Waals surface area (Å²) in [6.45, 7) is 7.12. The van der Waals surface area contributed by atoms with Crippen molar-refractivity contribution in [3.63, 3.8) is 0 Å². The van der Waals surface area contributed by atoms with Crippen LogP contribution in [-0.4, -0.2) is 41.6 Å². The standard InChI is InChI=1S/C17H24N2O2/c1-11-10-19(12(2)14-8-6-5-7-9-14)17(20)15-13(3)21-18(4)16(11)15/h5-9,11-13,15-16H,10H2,1-4H3/t11-,12+,13+,15+,16+/m1/s1. The highest BCUT2D eigenvalue weighted by molar-refractivity contribution is 5.82. The van der Waals surface area contributed by atoms with Gasteiger partial charge in [-0.15, -0.1) is 0 Å². The Hall–Kier alpha value is -1.39. The van der Waals surface area contributed by atoms with E-state index in [4.69, 9.17) is 4.84 Å². The van der Waals surface area contributed by atoms with E-state index in [1.165, 1.54) is 5.56 Å². The molecule has 21 heavy (non-hydrogen) atoms. The summed E-state index contributed by atoms with van der Waals surface area (Å²) >= 11 is 0. The minimum absolute atomic E-state index is 0.0410. The molecule has 0 aromatic heterocycles. The van der Waals surface area contributed by atoms with Crippen LogP contribution in [0.3, 0.4) is 0 Å². The fourth-order valence-electron chi connectivity index (χ4n) is 3.92. The second-order valence-electron chi connectivity index (χ2n) is 6.43. The molecule has 0 aliphatic carbocycles. The first-order valence-corrected chi connectivity index (χ1v) is 7.75. The smallest absolute Gasteiger partial charge is 0.230 e. The Morgan fingerprint density at radius 3 is 2.57 bits per heavy atom. The minimum Gasteiger partial charge on any atom is -0.335 e. The Balaban J connectivity index is 1.87. The molecule has 1 aromatic carbocycles. The number of hydroxylamine groups is 2. The molecule has 4 nitrogen and oxygen atoms in total. The average Bonchev–Trinajstić information content (AvgIpc) is 2.78. The van der Waals surface area contributed by atoms with E-state index < -0.39 is 0 Å². The molecule has 114 valence electrons. The van der Waals surface area contributed by atoms with Crippen LogP contribution in [0.25, 0.3) is 0 Å². The molecule has 0 N–H and O–H groups in total. The van der Waals surface area contributed by atoms with Gasteiger partial charge in [0.15, 0.2) is 0 Å². The van der Waals surface area contributed by atoms with E-state index >= 15 is 0 Å². The Morgan fingerprint density at radius 1 is 1.24 bits per heavy atom. The maximum absolute atomic E-state index is 12.9. The second-order valence-corrected chi connectivity index (χ2v) is 6.43. The first-order valence-electron chi connectivity index (χ1n) is 7.75. The van der Waals surface area contributed by atoms with Gasteiger partial charge in [0, 0.05) is 13.6 Å². The molecule has 0 spiro atoms. The van der Waals surface area contributed by atoms with Crippen molar-refractivity contribution in [1.82, 2.24) is 9.96 Å². The van der Waals surface area contributed by atoms with Crippen molar-refractivity contribution in [3.8, 4) is 0 Å². The van der Waals surface area contributed by atoms with Gasteiger partial charge in [-0.2, -0.15) is 5.06 Å². The van der Waals surface area contributed by atoms with Crippen molar-refractivity contribution in [2.45, 2.75) is 39.0 Å². The summed E-state index contributed by atoms with van der Waals surface area (Å²) in [7, 11) is 1.95. The predicted molar refractivity (Wildman–Crippen MR) is 81.3 cm³/mol. The predicted octanol–water partition coefficient (Wildman–Crippen LogP) is 2.48. The largest absolute Gasteiger partial charge is 0.335 e. The number of carbonyl (C=O) groups is 1. The number of hydrogen-bond donors (Lipinski definition) is 0. The van der Waals surface area contributed by atoms with Crippen molar-refractivity contribution < 1.29 is 9.63 Å². The van der Waals surface area contributed by atoms with Crippen LogP contribution in [0.4, 0.5) is 0 Å². The Morgan fingerprint density at radius 2 is 1.90 bits per heavy atom. The van der Waals surface area contributed by atoms with Crippen LogP contribution in [0.15, 0.2) is 30.3 Å². The zero-order valence-electron chi connectivity index (χ0n) is 13.2. The van der Waals surface area contributed by atoms with E-state index in [1.54, 1.807) is 0 Å². The molecule has 4 heteroatoms. The minimum atomic E-state index is -0.0510. The first kappa shape index (κ1) is 14.5. The molecular formula is C17H24N2O2. The molecule has 2 fully saturated rings. The van der Waals surface area contributed by atoms with E-state index in [9.17, 15) is 4.79 Å². The summed E-state index contributed by atoms with van der Waals surface area (Å²) in [6.07, 6.45) is -0.0410. The zero-order chi connectivity index (χ0) is 15.1. The number of hydrogen-bond acceptors (Lipinski definition) is 3. The van der Waals surface area contributed by atoms with Crippen LogP contribution < -0.4 is 0 Å². The number of piperidine rings is 1. The summed E-state index contributed by atoms with van der Waals surface area (Å²) in [6, 6.07) is 10.6. The van der Waals surface area contributed by atoms with Gasteiger partial charge in [-0.25, -0.2) is 0 Å². The van der Waals surface area contributed by atoms with E-state index in [2.05, 4.69) is 26.0 Å².